The molecule has 0 saturated heterocycles. The lowest BCUT2D eigenvalue weighted by molar-refractivity contribution is -0.146. The molecule has 0 unspecified atom stereocenters. The normalized spacial score (nSPS) is 22.4. The minimum atomic E-state index is -1.21. The molecule has 0 radical (unpaired) electrons. The third-order valence-electron chi connectivity index (χ3n) is 3.55. The Balaban J connectivity index is 2.65. The number of hydrogen-bond donors (Lipinski definition) is 3. The largest absolute Gasteiger partial charge is 0.480 e. The predicted octanol–water partition coefficient (Wildman–Crippen LogP) is 0.722. The summed E-state index contributed by atoms with van der Waals surface area (Å²) in [7, 11) is 0. The van der Waals surface area contributed by atoms with Crippen LogP contribution in [0, 0.1) is 11.8 Å². The van der Waals surface area contributed by atoms with Crippen molar-refractivity contribution < 1.29 is 24.6 Å². The summed E-state index contributed by atoms with van der Waals surface area (Å²) in [6, 6.07) is -1.10. The number of aliphatic hydroxyl groups excluding tert-OH is 1. The molecule has 1 aliphatic rings. The van der Waals surface area contributed by atoms with Crippen molar-refractivity contribution in [2.24, 2.45) is 11.8 Å². The van der Waals surface area contributed by atoms with E-state index in [1.54, 1.807) is 0 Å². The number of Topliss-reactive ketones (excluding diaryl/α,β-unsaturated/α-hetero) is 1. The Morgan fingerprint density at radius 3 is 2.55 bits per heavy atom. The lowest BCUT2D eigenvalue weighted by atomic mass is 9.83. The van der Waals surface area contributed by atoms with Crippen LogP contribution < -0.4 is 5.32 Å². The highest BCUT2D eigenvalue weighted by molar-refractivity contribution is 5.87. The molecule has 1 rings (SSSR count). The Labute approximate surface area is 118 Å². The first kappa shape index (κ1) is 16.6. The van der Waals surface area contributed by atoms with Crippen molar-refractivity contribution in [2.45, 2.75) is 58.1 Å². The fraction of sp³-hybridized carbons (Fsp3) is 0.786. The lowest BCUT2D eigenvalue weighted by Crippen LogP contribution is -2.50. The van der Waals surface area contributed by atoms with E-state index in [0.29, 0.717) is 19.3 Å². The second kappa shape index (κ2) is 7.38. The van der Waals surface area contributed by atoms with Gasteiger partial charge in [-0.1, -0.05) is 13.8 Å². The number of carbonyl (C=O) groups is 3. The van der Waals surface area contributed by atoms with E-state index in [9.17, 15) is 24.6 Å². The number of ketones is 1. The molecule has 0 heterocycles. The van der Waals surface area contributed by atoms with Crippen LogP contribution in [-0.2, 0) is 14.4 Å². The van der Waals surface area contributed by atoms with Crippen LogP contribution in [0.3, 0.4) is 0 Å². The molecule has 1 fully saturated rings. The molecule has 114 valence electrons. The summed E-state index contributed by atoms with van der Waals surface area (Å²) in [5, 5.41) is 21.3. The molecule has 0 aromatic heterocycles. The Bertz CT molecular complexity index is 380. The number of carbonyl (C=O) groups excluding carboxylic acids is 2. The molecular weight excluding hydrogens is 262 g/mol. The van der Waals surface area contributed by atoms with Gasteiger partial charge in [0, 0.05) is 12.8 Å². The quantitative estimate of drug-likeness (QED) is 0.667. The second-order valence-electron chi connectivity index (χ2n) is 5.86. The zero-order valence-electron chi connectivity index (χ0n) is 12.0. The van der Waals surface area contributed by atoms with Gasteiger partial charge in [-0.3, -0.25) is 9.59 Å². The van der Waals surface area contributed by atoms with Crippen molar-refractivity contribution in [3.8, 4) is 0 Å². The van der Waals surface area contributed by atoms with Gasteiger partial charge in [-0.2, -0.15) is 0 Å². The molecule has 1 aliphatic carbocycles. The number of carboxylic acids is 1. The lowest BCUT2D eigenvalue weighted by Gasteiger charge is -2.28. The predicted molar refractivity (Wildman–Crippen MR) is 72.0 cm³/mol. The minimum Gasteiger partial charge on any atom is -0.480 e. The van der Waals surface area contributed by atoms with Crippen molar-refractivity contribution in [2.75, 3.05) is 0 Å². The summed E-state index contributed by atoms with van der Waals surface area (Å²) in [6.07, 6.45) is 0.976. The monoisotopic (exact) mass is 285 g/mol. The SMILES string of the molecule is CC(C)C[C@@H](O)C(=O)N[C@H](C(=O)O)[C@H]1CCCC(=O)C1. The van der Waals surface area contributed by atoms with Crippen molar-refractivity contribution in [3.63, 3.8) is 0 Å². The van der Waals surface area contributed by atoms with Gasteiger partial charge in [0.1, 0.15) is 17.9 Å². The molecule has 0 spiro atoms. The van der Waals surface area contributed by atoms with E-state index >= 15 is 0 Å². The molecule has 0 aromatic carbocycles. The van der Waals surface area contributed by atoms with Gasteiger partial charge < -0.3 is 15.5 Å². The second-order valence-corrected chi connectivity index (χ2v) is 5.86. The highest BCUT2D eigenvalue weighted by atomic mass is 16.4. The maximum atomic E-state index is 11.8. The maximum Gasteiger partial charge on any atom is 0.326 e. The van der Waals surface area contributed by atoms with E-state index in [2.05, 4.69) is 5.32 Å². The van der Waals surface area contributed by atoms with Gasteiger partial charge in [-0.15, -0.1) is 0 Å². The Hall–Kier alpha value is -1.43. The minimum absolute atomic E-state index is 0.0319. The van der Waals surface area contributed by atoms with Crippen molar-refractivity contribution >= 4 is 17.7 Å². The molecule has 20 heavy (non-hydrogen) atoms. The third-order valence-corrected chi connectivity index (χ3v) is 3.55. The summed E-state index contributed by atoms with van der Waals surface area (Å²) in [5.74, 6) is -2.05. The topological polar surface area (TPSA) is 104 Å². The van der Waals surface area contributed by atoms with Crippen molar-refractivity contribution in [1.82, 2.24) is 5.32 Å². The zero-order valence-corrected chi connectivity index (χ0v) is 12.0. The first-order valence-electron chi connectivity index (χ1n) is 7.04. The number of amides is 1. The number of aliphatic hydroxyl groups is 1. The van der Waals surface area contributed by atoms with Gasteiger partial charge in [0.25, 0.3) is 0 Å². The number of aliphatic carboxylic acids is 1. The van der Waals surface area contributed by atoms with E-state index < -0.39 is 24.0 Å². The van der Waals surface area contributed by atoms with Crippen LogP contribution >= 0.6 is 0 Å². The van der Waals surface area contributed by atoms with Crippen LogP contribution in [0.1, 0.15) is 46.0 Å². The number of rotatable bonds is 6. The molecule has 0 bridgehead atoms. The van der Waals surface area contributed by atoms with Crippen LogP contribution in [0.15, 0.2) is 0 Å². The van der Waals surface area contributed by atoms with Crippen LogP contribution in [-0.4, -0.2) is 40.0 Å². The van der Waals surface area contributed by atoms with Crippen LogP contribution in [0.5, 0.6) is 0 Å². The summed E-state index contributed by atoms with van der Waals surface area (Å²) < 4.78 is 0. The number of carboxylic acid groups (broad SMARTS) is 1. The summed E-state index contributed by atoms with van der Waals surface area (Å²) in [6.45, 7) is 3.73. The van der Waals surface area contributed by atoms with Gasteiger partial charge in [-0.05, 0) is 31.1 Å². The highest BCUT2D eigenvalue weighted by Crippen LogP contribution is 2.24. The molecule has 0 aliphatic heterocycles. The Morgan fingerprint density at radius 2 is 2.05 bits per heavy atom. The van der Waals surface area contributed by atoms with Gasteiger partial charge in [0.15, 0.2) is 0 Å². The standard InChI is InChI=1S/C14H23NO5/c1-8(2)6-11(17)13(18)15-12(14(19)20)9-4-3-5-10(16)7-9/h8-9,11-12,17H,3-7H2,1-2H3,(H,15,18)(H,19,20)/t9-,11+,12-/m0/s1. The van der Waals surface area contributed by atoms with Crippen molar-refractivity contribution in [3.05, 3.63) is 0 Å². The zero-order chi connectivity index (χ0) is 15.3. The molecule has 6 nitrogen and oxygen atoms in total. The summed E-state index contributed by atoms with van der Waals surface area (Å²) in [4.78, 5) is 34.5. The van der Waals surface area contributed by atoms with Crippen LogP contribution in [0.4, 0.5) is 0 Å². The summed E-state index contributed by atoms with van der Waals surface area (Å²) in [5.41, 5.74) is 0. The first-order chi connectivity index (χ1) is 9.31. The molecule has 1 saturated carbocycles. The first-order valence-corrected chi connectivity index (χ1v) is 7.04. The Morgan fingerprint density at radius 1 is 1.40 bits per heavy atom. The van der Waals surface area contributed by atoms with E-state index in [0.717, 1.165) is 0 Å². The van der Waals surface area contributed by atoms with Gasteiger partial charge in [0.05, 0.1) is 0 Å². The Kier molecular flexibility index (Phi) is 6.13. The molecule has 1 amide bonds. The molecule has 6 heteroatoms. The van der Waals surface area contributed by atoms with E-state index in [4.69, 9.17) is 0 Å². The van der Waals surface area contributed by atoms with Gasteiger partial charge >= 0.3 is 5.97 Å². The van der Waals surface area contributed by atoms with Gasteiger partial charge in [0.2, 0.25) is 5.91 Å². The highest BCUT2D eigenvalue weighted by Gasteiger charge is 2.34. The number of nitrogens with one attached hydrogen (secondary N) is 1. The van der Waals surface area contributed by atoms with E-state index in [-0.39, 0.29) is 30.5 Å². The smallest absolute Gasteiger partial charge is 0.326 e. The molecular formula is C14H23NO5. The summed E-state index contributed by atoms with van der Waals surface area (Å²) >= 11 is 0. The fourth-order valence-electron chi connectivity index (χ4n) is 2.53. The molecule has 3 atom stereocenters. The van der Waals surface area contributed by atoms with E-state index in [1.165, 1.54) is 0 Å². The average Bonchev–Trinajstić information content (AvgIpc) is 2.34. The van der Waals surface area contributed by atoms with Crippen LogP contribution in [0.25, 0.3) is 0 Å². The fourth-order valence-corrected chi connectivity index (χ4v) is 2.53. The van der Waals surface area contributed by atoms with Crippen LogP contribution in [0.2, 0.25) is 0 Å². The number of hydrogen-bond acceptors (Lipinski definition) is 4. The maximum absolute atomic E-state index is 11.8. The molecule has 3 N–H and O–H groups in total. The third kappa shape index (κ3) is 4.92. The van der Waals surface area contributed by atoms with Gasteiger partial charge in [-0.25, -0.2) is 4.79 Å². The van der Waals surface area contributed by atoms with E-state index in [1.807, 2.05) is 13.8 Å². The van der Waals surface area contributed by atoms with Crippen molar-refractivity contribution in [1.29, 1.82) is 0 Å². The molecule has 0 aromatic rings. The average molecular weight is 285 g/mol.